The molecule has 2 aromatic rings. The Labute approximate surface area is 165 Å². The monoisotopic (exact) mass is 387 g/mol. The van der Waals surface area contributed by atoms with Crippen LogP contribution < -0.4 is 15.0 Å². The molecule has 0 bridgehead atoms. The van der Waals surface area contributed by atoms with Gasteiger partial charge in [0.05, 0.1) is 6.10 Å². The molecule has 0 radical (unpaired) electrons. The highest BCUT2D eigenvalue weighted by Crippen LogP contribution is 2.25. The third-order valence-corrected chi connectivity index (χ3v) is 4.79. The van der Waals surface area contributed by atoms with E-state index in [9.17, 15) is 4.79 Å². The molecular formula is C21H26ClN3O2. The van der Waals surface area contributed by atoms with Gasteiger partial charge in [-0.3, -0.25) is 0 Å². The standard InChI is InChI=1S/C21H26ClN3O2/c1-15(2)27-19-8-6-18(7-9-19)23-21(26)25-12-10-24(11-13-25)20-14-17(22)5-4-16(20)3/h4-9,14-15H,10-13H2,1-3H3,(H,23,26). The lowest BCUT2D eigenvalue weighted by Crippen LogP contribution is -2.50. The summed E-state index contributed by atoms with van der Waals surface area (Å²) in [5, 5.41) is 3.70. The van der Waals surface area contributed by atoms with Crippen LogP contribution in [-0.2, 0) is 0 Å². The Hall–Kier alpha value is -2.40. The smallest absolute Gasteiger partial charge is 0.321 e. The van der Waals surface area contributed by atoms with Crippen LogP contribution in [0.5, 0.6) is 5.75 Å². The van der Waals surface area contributed by atoms with E-state index >= 15 is 0 Å². The molecule has 6 heteroatoms. The molecule has 5 nitrogen and oxygen atoms in total. The van der Waals surface area contributed by atoms with Gasteiger partial charge in [-0.1, -0.05) is 17.7 Å². The number of rotatable bonds is 4. The van der Waals surface area contributed by atoms with Gasteiger partial charge in [-0.15, -0.1) is 0 Å². The molecular weight excluding hydrogens is 362 g/mol. The van der Waals surface area contributed by atoms with Crippen LogP contribution in [0.4, 0.5) is 16.2 Å². The van der Waals surface area contributed by atoms with Crippen LogP contribution >= 0.6 is 11.6 Å². The first kappa shape index (κ1) is 19.4. The summed E-state index contributed by atoms with van der Waals surface area (Å²) in [7, 11) is 0. The molecule has 1 saturated heterocycles. The second kappa shape index (κ2) is 8.53. The summed E-state index contributed by atoms with van der Waals surface area (Å²) in [5.41, 5.74) is 3.11. The number of anilines is 2. The van der Waals surface area contributed by atoms with Crippen molar-refractivity contribution in [2.45, 2.75) is 26.9 Å². The van der Waals surface area contributed by atoms with Gasteiger partial charge < -0.3 is 19.9 Å². The minimum Gasteiger partial charge on any atom is -0.491 e. The number of benzene rings is 2. The maximum atomic E-state index is 12.5. The normalized spacial score (nSPS) is 14.4. The van der Waals surface area contributed by atoms with Crippen LogP contribution in [0, 0.1) is 6.92 Å². The number of aryl methyl sites for hydroxylation is 1. The highest BCUT2D eigenvalue weighted by molar-refractivity contribution is 6.30. The van der Waals surface area contributed by atoms with Gasteiger partial charge >= 0.3 is 6.03 Å². The molecule has 0 spiro atoms. The maximum Gasteiger partial charge on any atom is 0.321 e. The number of urea groups is 1. The van der Waals surface area contributed by atoms with E-state index in [-0.39, 0.29) is 12.1 Å². The molecule has 1 N–H and O–H groups in total. The Kier molecular flexibility index (Phi) is 6.11. The third-order valence-electron chi connectivity index (χ3n) is 4.56. The van der Waals surface area contributed by atoms with Gasteiger partial charge in [0.25, 0.3) is 0 Å². The summed E-state index contributed by atoms with van der Waals surface area (Å²) in [4.78, 5) is 16.7. The number of hydrogen-bond acceptors (Lipinski definition) is 3. The minimum absolute atomic E-state index is 0.0741. The fourth-order valence-corrected chi connectivity index (χ4v) is 3.33. The Bertz CT molecular complexity index is 785. The van der Waals surface area contributed by atoms with E-state index in [2.05, 4.69) is 17.1 Å². The Morgan fingerprint density at radius 1 is 1.07 bits per heavy atom. The highest BCUT2D eigenvalue weighted by Gasteiger charge is 2.22. The van der Waals surface area contributed by atoms with E-state index in [1.165, 1.54) is 5.56 Å². The van der Waals surface area contributed by atoms with Crippen molar-refractivity contribution in [2.75, 3.05) is 36.4 Å². The van der Waals surface area contributed by atoms with Crippen molar-refractivity contribution in [2.24, 2.45) is 0 Å². The quantitative estimate of drug-likeness (QED) is 0.820. The number of ether oxygens (including phenoxy) is 1. The second-order valence-electron chi connectivity index (χ2n) is 7.03. The van der Waals surface area contributed by atoms with Crippen molar-refractivity contribution in [3.05, 3.63) is 53.1 Å². The number of piperazine rings is 1. The van der Waals surface area contributed by atoms with Crippen molar-refractivity contribution in [1.29, 1.82) is 0 Å². The fourth-order valence-electron chi connectivity index (χ4n) is 3.17. The summed E-state index contributed by atoms with van der Waals surface area (Å²) in [6.07, 6.45) is 0.130. The number of hydrogen-bond donors (Lipinski definition) is 1. The average Bonchev–Trinajstić information content (AvgIpc) is 2.65. The van der Waals surface area contributed by atoms with Gasteiger partial charge in [0.2, 0.25) is 0 Å². The first-order valence-electron chi connectivity index (χ1n) is 9.26. The fraction of sp³-hybridized carbons (Fsp3) is 0.381. The van der Waals surface area contributed by atoms with Crippen molar-refractivity contribution in [3.8, 4) is 5.75 Å². The van der Waals surface area contributed by atoms with Crippen molar-refractivity contribution >= 4 is 29.0 Å². The molecule has 1 heterocycles. The summed E-state index contributed by atoms with van der Waals surface area (Å²) in [6, 6.07) is 13.3. The summed E-state index contributed by atoms with van der Waals surface area (Å²) >= 11 is 6.13. The molecule has 0 unspecified atom stereocenters. The van der Waals surface area contributed by atoms with Crippen LogP contribution in [0.3, 0.4) is 0 Å². The van der Waals surface area contributed by atoms with E-state index in [4.69, 9.17) is 16.3 Å². The molecule has 3 rings (SSSR count). The molecule has 2 aromatic carbocycles. The molecule has 1 aliphatic rings. The Balaban J connectivity index is 1.54. The van der Waals surface area contributed by atoms with Crippen molar-refractivity contribution < 1.29 is 9.53 Å². The number of carbonyl (C=O) groups excluding carboxylic acids is 1. The van der Waals surface area contributed by atoms with Crippen LogP contribution in [0.1, 0.15) is 19.4 Å². The minimum atomic E-state index is -0.0741. The lowest BCUT2D eigenvalue weighted by atomic mass is 10.1. The predicted octanol–water partition coefficient (Wildman–Crippen LogP) is 4.79. The van der Waals surface area contributed by atoms with Crippen molar-refractivity contribution in [3.63, 3.8) is 0 Å². The molecule has 0 saturated carbocycles. The average molecular weight is 388 g/mol. The molecule has 2 amide bonds. The largest absolute Gasteiger partial charge is 0.491 e. The Morgan fingerprint density at radius 2 is 1.74 bits per heavy atom. The molecule has 144 valence electrons. The van der Waals surface area contributed by atoms with Gasteiger partial charge in [0.15, 0.2) is 0 Å². The topological polar surface area (TPSA) is 44.8 Å². The van der Waals surface area contributed by atoms with Gasteiger partial charge in [0, 0.05) is 42.6 Å². The van der Waals surface area contributed by atoms with Crippen LogP contribution in [0.25, 0.3) is 0 Å². The van der Waals surface area contributed by atoms with Gasteiger partial charge in [-0.25, -0.2) is 4.79 Å². The third kappa shape index (κ3) is 5.07. The number of nitrogens with one attached hydrogen (secondary N) is 1. The highest BCUT2D eigenvalue weighted by atomic mass is 35.5. The molecule has 1 aliphatic heterocycles. The van der Waals surface area contributed by atoms with Gasteiger partial charge in [-0.2, -0.15) is 0 Å². The van der Waals surface area contributed by atoms with Crippen molar-refractivity contribution in [1.82, 2.24) is 4.90 Å². The molecule has 27 heavy (non-hydrogen) atoms. The van der Waals surface area contributed by atoms with E-state index < -0.39 is 0 Å². The summed E-state index contributed by atoms with van der Waals surface area (Å²) in [5.74, 6) is 0.800. The number of halogens is 1. The first-order valence-corrected chi connectivity index (χ1v) is 9.64. The zero-order valence-electron chi connectivity index (χ0n) is 16.0. The Morgan fingerprint density at radius 3 is 2.37 bits per heavy atom. The summed E-state index contributed by atoms with van der Waals surface area (Å²) < 4.78 is 5.62. The zero-order valence-corrected chi connectivity index (χ0v) is 16.8. The van der Waals surface area contributed by atoms with Crippen LogP contribution in [0.2, 0.25) is 5.02 Å². The van der Waals surface area contributed by atoms with E-state index in [0.29, 0.717) is 13.1 Å². The predicted molar refractivity (Wildman–Crippen MR) is 111 cm³/mol. The molecule has 0 atom stereocenters. The molecule has 0 aromatic heterocycles. The second-order valence-corrected chi connectivity index (χ2v) is 7.46. The number of amides is 2. The van der Waals surface area contributed by atoms with Crippen LogP contribution in [-0.4, -0.2) is 43.2 Å². The lowest BCUT2D eigenvalue weighted by molar-refractivity contribution is 0.208. The molecule has 1 fully saturated rings. The summed E-state index contributed by atoms with van der Waals surface area (Å²) in [6.45, 7) is 8.97. The number of nitrogens with zero attached hydrogens (tertiary/aromatic N) is 2. The van der Waals surface area contributed by atoms with E-state index in [0.717, 1.165) is 35.2 Å². The number of carbonyl (C=O) groups is 1. The SMILES string of the molecule is Cc1ccc(Cl)cc1N1CCN(C(=O)Nc2ccc(OC(C)C)cc2)CC1. The van der Waals surface area contributed by atoms with Crippen LogP contribution in [0.15, 0.2) is 42.5 Å². The first-order chi connectivity index (χ1) is 12.9. The maximum absolute atomic E-state index is 12.5. The lowest BCUT2D eigenvalue weighted by Gasteiger charge is -2.36. The zero-order chi connectivity index (χ0) is 19.4. The molecule has 0 aliphatic carbocycles. The van der Waals surface area contributed by atoms with E-state index in [1.807, 2.05) is 61.2 Å². The van der Waals surface area contributed by atoms with Gasteiger partial charge in [0.1, 0.15) is 5.75 Å². The van der Waals surface area contributed by atoms with E-state index in [1.54, 1.807) is 0 Å². The van der Waals surface area contributed by atoms with Gasteiger partial charge in [-0.05, 0) is 62.7 Å².